The zero-order chi connectivity index (χ0) is 25.5. The van der Waals surface area contributed by atoms with Crippen molar-refractivity contribution in [1.29, 1.82) is 0 Å². The fraction of sp³-hybridized carbons (Fsp3) is 0.273. The van der Waals surface area contributed by atoms with Crippen LogP contribution in [0.2, 0.25) is 0 Å². The van der Waals surface area contributed by atoms with Crippen molar-refractivity contribution in [3.05, 3.63) is 58.4 Å². The van der Waals surface area contributed by atoms with Crippen molar-refractivity contribution in [3.8, 4) is 5.75 Å². The van der Waals surface area contributed by atoms with Crippen LogP contribution in [0.3, 0.4) is 0 Å². The molecule has 4 rings (SSSR count). The van der Waals surface area contributed by atoms with Gasteiger partial charge in [-0.25, -0.2) is 9.18 Å². The highest BCUT2D eigenvalue weighted by Crippen LogP contribution is 2.34. The number of amides is 5. The molecular formula is C22H18F4N4O5. The first kappa shape index (κ1) is 24.0. The van der Waals surface area contributed by atoms with E-state index < -0.39 is 58.8 Å². The molecule has 2 aromatic rings. The third-order valence-corrected chi connectivity index (χ3v) is 5.74. The van der Waals surface area contributed by atoms with E-state index in [4.69, 9.17) is 0 Å². The largest absolute Gasteiger partial charge is 0.506 e. The number of piperidine rings is 1. The van der Waals surface area contributed by atoms with Crippen LogP contribution in [-0.4, -0.2) is 39.8 Å². The Morgan fingerprint density at radius 2 is 1.91 bits per heavy atom. The van der Waals surface area contributed by atoms with Gasteiger partial charge in [0.25, 0.3) is 5.91 Å². The summed E-state index contributed by atoms with van der Waals surface area (Å²) in [6.45, 7) is -0.582. The molecule has 1 unspecified atom stereocenters. The Labute approximate surface area is 195 Å². The summed E-state index contributed by atoms with van der Waals surface area (Å²) in [7, 11) is 0. The smallest absolute Gasteiger partial charge is 0.416 e. The van der Waals surface area contributed by atoms with Crippen molar-refractivity contribution in [2.75, 3.05) is 5.32 Å². The van der Waals surface area contributed by atoms with Crippen LogP contribution in [0.5, 0.6) is 5.75 Å². The van der Waals surface area contributed by atoms with Crippen LogP contribution in [0.15, 0.2) is 30.3 Å². The van der Waals surface area contributed by atoms with Gasteiger partial charge in [-0.2, -0.15) is 13.2 Å². The quantitative estimate of drug-likeness (QED) is 0.295. The highest BCUT2D eigenvalue weighted by atomic mass is 19.4. The summed E-state index contributed by atoms with van der Waals surface area (Å²) in [5, 5.41) is 16.2. The van der Waals surface area contributed by atoms with Crippen molar-refractivity contribution in [2.45, 2.75) is 38.1 Å². The van der Waals surface area contributed by atoms with Gasteiger partial charge in [-0.3, -0.25) is 19.7 Å². The molecule has 0 saturated carbocycles. The van der Waals surface area contributed by atoms with Gasteiger partial charge in [0.15, 0.2) is 0 Å². The highest BCUT2D eigenvalue weighted by Gasteiger charge is 2.40. The van der Waals surface area contributed by atoms with Crippen LogP contribution < -0.4 is 16.0 Å². The molecule has 13 heteroatoms. The van der Waals surface area contributed by atoms with E-state index in [1.165, 1.54) is 17.0 Å². The Balaban J connectivity index is 1.44. The standard InChI is InChI=1S/C22H18F4N4O5/c23-18-10(8-27-21(35)28-14-7-11(22(24,25)26)2-5-16(14)31)1-3-12-13(18)9-30(20(12)34)15-4-6-17(32)29-19(15)33/h1-3,5,7,15,31H,4,6,8-9H2,(H2,27,28,35)(H,29,32,33). The lowest BCUT2D eigenvalue weighted by atomic mass is 10.0. The summed E-state index contributed by atoms with van der Waals surface area (Å²) in [5.41, 5.74) is -1.51. The van der Waals surface area contributed by atoms with Gasteiger partial charge in [0, 0.05) is 29.7 Å². The Kier molecular flexibility index (Phi) is 6.09. The van der Waals surface area contributed by atoms with Gasteiger partial charge < -0.3 is 20.6 Å². The summed E-state index contributed by atoms with van der Waals surface area (Å²) in [4.78, 5) is 49.5. The van der Waals surface area contributed by atoms with E-state index in [2.05, 4.69) is 16.0 Å². The van der Waals surface area contributed by atoms with E-state index >= 15 is 4.39 Å². The average molecular weight is 494 g/mol. The number of rotatable bonds is 4. The zero-order valence-electron chi connectivity index (χ0n) is 17.8. The molecule has 2 aliphatic heterocycles. The monoisotopic (exact) mass is 494 g/mol. The number of nitrogens with zero attached hydrogens (tertiary/aromatic N) is 1. The molecule has 184 valence electrons. The van der Waals surface area contributed by atoms with Crippen molar-refractivity contribution >= 4 is 29.4 Å². The van der Waals surface area contributed by atoms with E-state index in [-0.39, 0.29) is 42.6 Å². The number of fused-ring (bicyclic) bond motifs is 1. The normalized spacial score (nSPS) is 17.8. The van der Waals surface area contributed by atoms with Gasteiger partial charge in [-0.15, -0.1) is 0 Å². The predicted molar refractivity (Wildman–Crippen MR) is 111 cm³/mol. The van der Waals surface area contributed by atoms with Gasteiger partial charge >= 0.3 is 12.2 Å². The molecule has 1 saturated heterocycles. The third kappa shape index (κ3) is 4.74. The minimum Gasteiger partial charge on any atom is -0.506 e. The average Bonchev–Trinajstić information content (AvgIpc) is 3.11. The number of carbonyl (C=O) groups is 4. The van der Waals surface area contributed by atoms with Crippen LogP contribution in [0.1, 0.15) is 39.9 Å². The Hall–Kier alpha value is -4.16. The number of aromatic hydroxyl groups is 1. The Morgan fingerprint density at radius 1 is 1.17 bits per heavy atom. The van der Waals surface area contributed by atoms with E-state index in [1.54, 1.807) is 0 Å². The van der Waals surface area contributed by atoms with E-state index in [1.807, 2.05) is 0 Å². The van der Waals surface area contributed by atoms with Gasteiger partial charge in [-0.05, 0) is 30.7 Å². The number of halogens is 4. The van der Waals surface area contributed by atoms with E-state index in [0.29, 0.717) is 12.1 Å². The maximum Gasteiger partial charge on any atom is 0.416 e. The number of imide groups is 1. The first-order valence-electron chi connectivity index (χ1n) is 10.4. The molecule has 9 nitrogen and oxygen atoms in total. The molecule has 1 atom stereocenters. The number of urea groups is 1. The van der Waals surface area contributed by atoms with Crippen molar-refractivity contribution in [3.63, 3.8) is 0 Å². The van der Waals surface area contributed by atoms with Gasteiger partial charge in [0.2, 0.25) is 11.8 Å². The maximum atomic E-state index is 15.1. The molecule has 1 fully saturated rings. The van der Waals surface area contributed by atoms with Crippen LogP contribution in [0, 0.1) is 5.82 Å². The van der Waals surface area contributed by atoms with Crippen molar-refractivity contribution < 1.29 is 41.8 Å². The predicted octanol–water partition coefficient (Wildman–Crippen LogP) is 2.63. The van der Waals surface area contributed by atoms with Crippen LogP contribution >= 0.6 is 0 Å². The van der Waals surface area contributed by atoms with Gasteiger partial charge in [0.1, 0.15) is 17.6 Å². The van der Waals surface area contributed by atoms with Crippen LogP contribution in [-0.2, 0) is 28.9 Å². The number of carbonyl (C=O) groups excluding carboxylic acids is 4. The lowest BCUT2D eigenvalue weighted by Crippen LogP contribution is -2.52. The molecule has 2 aromatic carbocycles. The molecule has 0 spiro atoms. The van der Waals surface area contributed by atoms with Crippen molar-refractivity contribution in [2.24, 2.45) is 0 Å². The molecular weight excluding hydrogens is 476 g/mol. The zero-order valence-corrected chi connectivity index (χ0v) is 17.8. The SMILES string of the molecule is O=C1CCC(N2Cc3c(ccc(CNC(=O)Nc4cc(C(F)(F)F)ccc4O)c3F)C2=O)C(=O)N1. The second-order valence-electron chi connectivity index (χ2n) is 8.00. The maximum absolute atomic E-state index is 15.1. The molecule has 4 N–H and O–H groups in total. The number of nitrogens with one attached hydrogen (secondary N) is 3. The summed E-state index contributed by atoms with van der Waals surface area (Å²) < 4.78 is 53.7. The first-order chi connectivity index (χ1) is 16.5. The Bertz CT molecular complexity index is 1250. The molecule has 0 aromatic heterocycles. The molecule has 35 heavy (non-hydrogen) atoms. The summed E-state index contributed by atoms with van der Waals surface area (Å²) in [5.74, 6) is -3.03. The molecule has 0 bridgehead atoms. The second kappa shape index (κ2) is 8.89. The second-order valence-corrected chi connectivity index (χ2v) is 8.00. The first-order valence-corrected chi connectivity index (χ1v) is 10.4. The summed E-state index contributed by atoms with van der Waals surface area (Å²) in [6, 6.07) is 2.68. The summed E-state index contributed by atoms with van der Waals surface area (Å²) >= 11 is 0. The topological polar surface area (TPSA) is 128 Å². The van der Waals surface area contributed by atoms with Crippen LogP contribution in [0.25, 0.3) is 0 Å². The number of benzene rings is 2. The molecule has 2 aliphatic rings. The lowest BCUT2D eigenvalue weighted by molar-refractivity contribution is -0.138. The lowest BCUT2D eigenvalue weighted by Gasteiger charge is -2.29. The van der Waals surface area contributed by atoms with E-state index in [0.717, 1.165) is 6.07 Å². The third-order valence-electron chi connectivity index (χ3n) is 5.74. The number of alkyl halides is 3. The van der Waals surface area contributed by atoms with Crippen LogP contribution in [0.4, 0.5) is 28.0 Å². The number of phenolic OH excluding ortho intramolecular Hbond substituents is 1. The number of hydrogen-bond donors (Lipinski definition) is 4. The molecule has 5 amide bonds. The van der Waals surface area contributed by atoms with E-state index in [9.17, 15) is 37.5 Å². The minimum absolute atomic E-state index is 0.00918. The summed E-state index contributed by atoms with van der Waals surface area (Å²) in [6.07, 6.45) is -4.53. The van der Waals surface area contributed by atoms with Gasteiger partial charge in [-0.1, -0.05) is 6.07 Å². The fourth-order valence-electron chi connectivity index (χ4n) is 3.94. The number of hydrogen-bond acceptors (Lipinski definition) is 5. The molecule has 0 aliphatic carbocycles. The number of anilines is 1. The van der Waals surface area contributed by atoms with Crippen molar-refractivity contribution in [1.82, 2.24) is 15.5 Å². The Morgan fingerprint density at radius 3 is 2.60 bits per heavy atom. The molecule has 2 heterocycles. The fourth-order valence-corrected chi connectivity index (χ4v) is 3.94. The highest BCUT2D eigenvalue weighted by molar-refractivity contribution is 6.05. The minimum atomic E-state index is -4.69. The van der Waals surface area contributed by atoms with Gasteiger partial charge in [0.05, 0.1) is 17.8 Å². The number of phenols is 1. The molecule has 0 radical (unpaired) electrons.